The van der Waals surface area contributed by atoms with Crippen LogP contribution in [0.3, 0.4) is 0 Å². The molecule has 0 unspecified atom stereocenters. The molecule has 4 aliphatic carbocycles. The molecule has 0 amide bonds. The van der Waals surface area contributed by atoms with Crippen molar-refractivity contribution < 1.29 is 13.6 Å². The SMILES string of the molecule is C[C@]12CC[C@H]3[C@@H](CC=C4C[C@@H](O[Si](C)(C)C)CC[C@@]43CO[Si](C)(C)C)[C@@H]1CCC2=O. The van der Waals surface area contributed by atoms with Crippen molar-refractivity contribution in [1.29, 1.82) is 0 Å². The number of carbonyl (C=O) groups excluding carboxylic acids is 1. The van der Waals surface area contributed by atoms with E-state index >= 15 is 0 Å². The fraction of sp³-hybridized carbons (Fsp3) is 0.880. The summed E-state index contributed by atoms with van der Waals surface area (Å²) in [5.41, 5.74) is 1.78. The third kappa shape index (κ3) is 4.09. The summed E-state index contributed by atoms with van der Waals surface area (Å²) in [5, 5.41) is 0. The van der Waals surface area contributed by atoms with Crippen molar-refractivity contribution in [2.45, 2.75) is 104 Å². The van der Waals surface area contributed by atoms with Crippen LogP contribution in [0.25, 0.3) is 0 Å². The topological polar surface area (TPSA) is 35.5 Å². The summed E-state index contributed by atoms with van der Waals surface area (Å²) in [6, 6.07) is 0. The molecular weight excluding hydrogens is 404 g/mol. The minimum absolute atomic E-state index is 0.0501. The normalized spacial score (nSPS) is 41.7. The lowest BCUT2D eigenvalue weighted by Gasteiger charge is -2.58. The number of allylic oxidation sites excluding steroid dienone is 1. The van der Waals surface area contributed by atoms with E-state index in [2.05, 4.69) is 52.3 Å². The molecule has 0 bridgehead atoms. The van der Waals surface area contributed by atoms with Gasteiger partial charge in [-0.2, -0.15) is 0 Å². The standard InChI is InChI=1S/C25H44O3Si2/c1-24-14-13-22-20(21(24)10-11-23(24)26)9-8-18-16-19(28-30(5,6)7)12-15-25(18,22)17-27-29(2,3)4/h8,19-22H,9-17H2,1-7H3/t19-,20-,21-,22-,24-,25+/m0/s1. The predicted octanol–water partition coefficient (Wildman–Crippen LogP) is 6.57. The molecule has 0 aromatic rings. The van der Waals surface area contributed by atoms with Gasteiger partial charge in [0.25, 0.3) is 0 Å². The van der Waals surface area contributed by atoms with Crippen LogP contribution in [-0.2, 0) is 13.6 Å². The van der Waals surface area contributed by atoms with Gasteiger partial charge in [0.2, 0.25) is 0 Å². The number of carbonyl (C=O) groups is 1. The Morgan fingerprint density at radius 3 is 2.40 bits per heavy atom. The Hall–Kier alpha value is -0.236. The fourth-order valence-corrected chi connectivity index (χ4v) is 9.30. The van der Waals surface area contributed by atoms with E-state index in [9.17, 15) is 4.79 Å². The molecule has 0 heterocycles. The Labute approximate surface area is 186 Å². The Bertz CT molecular complexity index is 719. The van der Waals surface area contributed by atoms with Crippen molar-refractivity contribution in [1.82, 2.24) is 0 Å². The number of ketones is 1. The second-order valence-corrected chi connectivity index (χ2v) is 21.9. The van der Waals surface area contributed by atoms with E-state index < -0.39 is 16.6 Å². The molecule has 0 spiro atoms. The molecule has 3 saturated carbocycles. The van der Waals surface area contributed by atoms with Gasteiger partial charge in [0.05, 0.1) is 0 Å². The molecule has 3 nitrogen and oxygen atoms in total. The average molecular weight is 449 g/mol. The molecule has 0 aliphatic heterocycles. The summed E-state index contributed by atoms with van der Waals surface area (Å²) in [6.07, 6.45) is 11.8. The summed E-state index contributed by atoms with van der Waals surface area (Å²) < 4.78 is 13.2. The van der Waals surface area contributed by atoms with Gasteiger partial charge in [-0.25, -0.2) is 0 Å². The molecule has 4 rings (SSSR count). The van der Waals surface area contributed by atoms with Gasteiger partial charge in [-0.05, 0) is 102 Å². The smallest absolute Gasteiger partial charge is 0.184 e. The molecule has 6 atom stereocenters. The van der Waals surface area contributed by atoms with E-state index in [1.165, 1.54) is 25.7 Å². The van der Waals surface area contributed by atoms with Crippen molar-refractivity contribution in [3.63, 3.8) is 0 Å². The first-order chi connectivity index (χ1) is 13.8. The van der Waals surface area contributed by atoms with E-state index in [1.54, 1.807) is 5.57 Å². The molecule has 3 fully saturated rings. The van der Waals surface area contributed by atoms with Gasteiger partial charge in [-0.1, -0.05) is 18.6 Å². The quantitative estimate of drug-likeness (QED) is 0.352. The highest BCUT2D eigenvalue weighted by Crippen LogP contribution is 2.64. The molecular formula is C25H44O3Si2. The second-order valence-electron chi connectivity index (χ2n) is 12.9. The van der Waals surface area contributed by atoms with Crippen LogP contribution in [0, 0.1) is 28.6 Å². The molecule has 0 radical (unpaired) electrons. The molecule has 5 heteroatoms. The second kappa shape index (κ2) is 7.67. The van der Waals surface area contributed by atoms with E-state index in [-0.39, 0.29) is 10.8 Å². The van der Waals surface area contributed by atoms with E-state index in [1.807, 2.05) is 0 Å². The Kier molecular flexibility index (Phi) is 5.87. The largest absolute Gasteiger partial charge is 0.417 e. The lowest BCUT2D eigenvalue weighted by molar-refractivity contribution is -0.132. The van der Waals surface area contributed by atoms with Crippen LogP contribution in [0.15, 0.2) is 11.6 Å². The van der Waals surface area contributed by atoms with Gasteiger partial charge in [-0.3, -0.25) is 4.79 Å². The van der Waals surface area contributed by atoms with E-state index in [0.29, 0.717) is 29.6 Å². The van der Waals surface area contributed by atoms with Crippen LogP contribution in [0.5, 0.6) is 0 Å². The maximum atomic E-state index is 12.8. The first-order valence-corrected chi connectivity index (χ1v) is 19.2. The molecule has 0 saturated heterocycles. The van der Waals surface area contributed by atoms with Gasteiger partial charge in [0.1, 0.15) is 5.78 Å². The first-order valence-electron chi connectivity index (χ1n) is 12.4. The number of rotatable bonds is 5. The first kappa shape index (κ1) is 22.9. The Balaban J connectivity index is 1.64. The third-order valence-electron chi connectivity index (χ3n) is 8.77. The van der Waals surface area contributed by atoms with Crippen molar-refractivity contribution in [3.05, 3.63) is 11.6 Å². The molecule has 4 aliphatic rings. The van der Waals surface area contributed by atoms with Gasteiger partial charge < -0.3 is 8.85 Å². The van der Waals surface area contributed by atoms with Gasteiger partial charge in [0.15, 0.2) is 16.6 Å². The van der Waals surface area contributed by atoms with Crippen molar-refractivity contribution >= 4 is 22.4 Å². The van der Waals surface area contributed by atoms with Crippen molar-refractivity contribution in [3.8, 4) is 0 Å². The summed E-state index contributed by atoms with van der Waals surface area (Å²) in [6.45, 7) is 17.1. The van der Waals surface area contributed by atoms with Gasteiger partial charge >= 0.3 is 0 Å². The Morgan fingerprint density at radius 1 is 1.00 bits per heavy atom. The zero-order valence-electron chi connectivity index (χ0n) is 20.5. The summed E-state index contributed by atoms with van der Waals surface area (Å²) in [5.74, 6) is 2.48. The van der Waals surface area contributed by atoms with Gasteiger partial charge in [0, 0.05) is 30.0 Å². The van der Waals surface area contributed by atoms with Crippen LogP contribution >= 0.6 is 0 Å². The van der Waals surface area contributed by atoms with Crippen LogP contribution in [0.4, 0.5) is 0 Å². The zero-order chi connectivity index (χ0) is 21.9. The molecule has 30 heavy (non-hydrogen) atoms. The number of hydrogen-bond acceptors (Lipinski definition) is 3. The summed E-state index contributed by atoms with van der Waals surface area (Å²) >= 11 is 0. The summed E-state index contributed by atoms with van der Waals surface area (Å²) in [4.78, 5) is 12.8. The van der Waals surface area contributed by atoms with E-state index in [4.69, 9.17) is 8.85 Å². The van der Waals surface area contributed by atoms with Crippen LogP contribution < -0.4 is 0 Å². The maximum absolute atomic E-state index is 12.8. The minimum Gasteiger partial charge on any atom is -0.417 e. The molecule has 170 valence electrons. The van der Waals surface area contributed by atoms with Crippen LogP contribution in [0.2, 0.25) is 39.3 Å². The van der Waals surface area contributed by atoms with E-state index in [0.717, 1.165) is 32.3 Å². The lowest BCUT2D eigenvalue weighted by Crippen LogP contribution is -2.54. The highest BCUT2D eigenvalue weighted by Gasteiger charge is 2.60. The average Bonchev–Trinajstić information content (AvgIpc) is 2.93. The number of fused-ring (bicyclic) bond motifs is 5. The molecule has 0 N–H and O–H groups in total. The van der Waals surface area contributed by atoms with Crippen LogP contribution in [-0.4, -0.2) is 35.1 Å². The highest BCUT2D eigenvalue weighted by atomic mass is 28.4. The summed E-state index contributed by atoms with van der Waals surface area (Å²) in [7, 11) is -3.13. The zero-order valence-corrected chi connectivity index (χ0v) is 22.5. The third-order valence-corrected chi connectivity index (χ3v) is 10.8. The lowest BCUT2D eigenvalue weighted by atomic mass is 9.47. The monoisotopic (exact) mass is 448 g/mol. The Morgan fingerprint density at radius 2 is 1.73 bits per heavy atom. The number of Topliss-reactive ketones (excluding diaryl/α,β-unsaturated/α-hetero) is 1. The van der Waals surface area contributed by atoms with Crippen molar-refractivity contribution in [2.75, 3.05) is 6.61 Å². The predicted molar refractivity (Wildman–Crippen MR) is 129 cm³/mol. The number of hydrogen-bond donors (Lipinski definition) is 0. The van der Waals surface area contributed by atoms with Gasteiger partial charge in [-0.15, -0.1) is 0 Å². The van der Waals surface area contributed by atoms with Crippen LogP contribution in [0.1, 0.15) is 58.3 Å². The van der Waals surface area contributed by atoms with Crippen molar-refractivity contribution in [2.24, 2.45) is 28.6 Å². The molecule has 0 aromatic heterocycles. The minimum atomic E-state index is -1.59. The maximum Gasteiger partial charge on any atom is 0.184 e. The fourth-order valence-electron chi connectivity index (χ4n) is 7.41. The highest BCUT2D eigenvalue weighted by molar-refractivity contribution is 6.70. The molecule has 0 aromatic carbocycles.